The molecule has 0 amide bonds. The van der Waals surface area contributed by atoms with Crippen molar-refractivity contribution < 1.29 is 14.6 Å². The maximum absolute atomic E-state index is 11.0. The van der Waals surface area contributed by atoms with Crippen LogP contribution in [0.25, 0.3) is 0 Å². The number of esters is 1. The van der Waals surface area contributed by atoms with E-state index >= 15 is 0 Å². The fourth-order valence-electron chi connectivity index (χ4n) is 3.30. The van der Waals surface area contributed by atoms with Gasteiger partial charge in [0.1, 0.15) is 0 Å². The number of carbonyl (C=O) groups is 1. The molecule has 0 rings (SSSR count). The summed E-state index contributed by atoms with van der Waals surface area (Å²) in [5.74, 6) is -0.177. The highest BCUT2D eigenvalue weighted by Crippen LogP contribution is 2.14. The van der Waals surface area contributed by atoms with Gasteiger partial charge in [0.05, 0.1) is 13.2 Å². The van der Waals surface area contributed by atoms with Gasteiger partial charge in [-0.1, -0.05) is 96.8 Å². The van der Waals surface area contributed by atoms with E-state index in [4.69, 9.17) is 0 Å². The van der Waals surface area contributed by atoms with Crippen LogP contribution >= 0.6 is 0 Å². The minimum Gasteiger partial charge on any atom is -0.469 e. The quantitative estimate of drug-likeness (QED) is 0.210. The minimum atomic E-state index is -0.248. The van der Waals surface area contributed by atoms with Crippen molar-refractivity contribution in [3.05, 3.63) is 0 Å². The maximum Gasteiger partial charge on any atom is 0.305 e. The molecule has 0 radical (unpaired) electrons. The van der Waals surface area contributed by atoms with Crippen molar-refractivity contribution in [2.24, 2.45) is 0 Å². The molecule has 0 heterocycles. The van der Waals surface area contributed by atoms with E-state index in [2.05, 4.69) is 11.7 Å². The Bertz CT molecular complexity index is 278. The molecule has 1 unspecified atom stereocenters. The van der Waals surface area contributed by atoms with Crippen LogP contribution in [0, 0.1) is 0 Å². The van der Waals surface area contributed by atoms with Crippen LogP contribution < -0.4 is 0 Å². The van der Waals surface area contributed by atoms with Crippen molar-refractivity contribution in [2.45, 2.75) is 129 Å². The first kappa shape index (κ1) is 24.4. The third-order valence-corrected chi connectivity index (χ3v) is 5.04. The lowest BCUT2D eigenvalue weighted by molar-refractivity contribution is -0.140. The summed E-state index contributed by atoms with van der Waals surface area (Å²) < 4.78 is 4.60. The molecule has 0 aliphatic heterocycles. The van der Waals surface area contributed by atoms with E-state index in [1.165, 1.54) is 90.6 Å². The second kappa shape index (κ2) is 19.8. The molecular formula is C22H44O3. The number of aliphatic hydroxyl groups excluding tert-OH is 1. The predicted octanol–water partition coefficient (Wildman–Crippen LogP) is 6.56. The summed E-state index contributed by atoms with van der Waals surface area (Å²) in [5.41, 5.74) is 0. The zero-order valence-electron chi connectivity index (χ0n) is 17.1. The van der Waals surface area contributed by atoms with Crippen LogP contribution in [0.4, 0.5) is 0 Å². The molecule has 0 fully saturated rings. The normalized spacial score (nSPS) is 12.3. The number of unbranched alkanes of at least 4 members (excludes halogenated alkanes) is 13. The van der Waals surface area contributed by atoms with Crippen molar-refractivity contribution in [3.63, 3.8) is 0 Å². The maximum atomic E-state index is 11.0. The van der Waals surface area contributed by atoms with Crippen LogP contribution in [-0.4, -0.2) is 24.3 Å². The first-order valence-corrected chi connectivity index (χ1v) is 11.0. The second-order valence-electron chi connectivity index (χ2n) is 7.51. The zero-order chi connectivity index (χ0) is 18.6. The molecule has 0 bridgehead atoms. The van der Waals surface area contributed by atoms with Crippen molar-refractivity contribution in [3.8, 4) is 0 Å². The zero-order valence-corrected chi connectivity index (χ0v) is 17.1. The summed E-state index contributed by atoms with van der Waals surface area (Å²) in [5, 5.41) is 9.87. The molecule has 0 aliphatic rings. The summed E-state index contributed by atoms with van der Waals surface area (Å²) in [6, 6.07) is 0. The number of hydrogen-bond acceptors (Lipinski definition) is 3. The first-order chi connectivity index (χ1) is 12.2. The number of aliphatic hydroxyl groups is 1. The van der Waals surface area contributed by atoms with Crippen LogP contribution in [0.15, 0.2) is 0 Å². The van der Waals surface area contributed by atoms with E-state index in [0.717, 1.165) is 19.3 Å². The van der Waals surface area contributed by atoms with Crippen LogP contribution in [0.3, 0.4) is 0 Å². The third kappa shape index (κ3) is 19.6. The topological polar surface area (TPSA) is 46.5 Å². The Morgan fingerprint density at radius 2 is 1.12 bits per heavy atom. The number of rotatable bonds is 19. The Kier molecular flexibility index (Phi) is 19.3. The molecule has 25 heavy (non-hydrogen) atoms. The van der Waals surface area contributed by atoms with Crippen molar-refractivity contribution in [2.75, 3.05) is 7.11 Å². The van der Waals surface area contributed by atoms with Gasteiger partial charge in [0.15, 0.2) is 0 Å². The van der Waals surface area contributed by atoms with Gasteiger partial charge in [0, 0.05) is 6.42 Å². The molecule has 150 valence electrons. The Morgan fingerprint density at radius 3 is 1.56 bits per heavy atom. The Labute approximate surface area is 156 Å². The molecule has 0 aliphatic carbocycles. The van der Waals surface area contributed by atoms with E-state index < -0.39 is 0 Å². The molecule has 0 aromatic heterocycles. The number of ether oxygens (including phenoxy) is 1. The molecule has 3 nitrogen and oxygen atoms in total. The first-order valence-electron chi connectivity index (χ1n) is 11.0. The molecular weight excluding hydrogens is 312 g/mol. The van der Waals surface area contributed by atoms with E-state index in [9.17, 15) is 9.90 Å². The van der Waals surface area contributed by atoms with Crippen LogP contribution in [-0.2, 0) is 9.53 Å². The largest absolute Gasteiger partial charge is 0.469 e. The number of hydrogen-bond donors (Lipinski definition) is 1. The summed E-state index contributed by atoms with van der Waals surface area (Å²) in [6.45, 7) is 2.27. The molecule has 1 N–H and O–H groups in total. The molecule has 0 aromatic carbocycles. The van der Waals surface area contributed by atoms with E-state index in [0.29, 0.717) is 12.8 Å². The highest BCUT2D eigenvalue weighted by Gasteiger charge is 2.06. The predicted molar refractivity (Wildman–Crippen MR) is 107 cm³/mol. The number of carbonyl (C=O) groups excluding carboxylic acids is 1. The van der Waals surface area contributed by atoms with Crippen molar-refractivity contribution in [1.29, 1.82) is 0 Å². The molecule has 3 heteroatoms. The average Bonchev–Trinajstić information content (AvgIpc) is 2.61. The van der Waals surface area contributed by atoms with Gasteiger partial charge in [-0.05, 0) is 19.3 Å². The van der Waals surface area contributed by atoms with Gasteiger partial charge in [-0.25, -0.2) is 0 Å². The second-order valence-corrected chi connectivity index (χ2v) is 7.51. The van der Waals surface area contributed by atoms with Gasteiger partial charge < -0.3 is 9.84 Å². The third-order valence-electron chi connectivity index (χ3n) is 5.04. The van der Waals surface area contributed by atoms with Gasteiger partial charge in [0.2, 0.25) is 0 Å². The summed E-state index contributed by atoms with van der Waals surface area (Å²) >= 11 is 0. The highest BCUT2D eigenvalue weighted by molar-refractivity contribution is 5.68. The van der Waals surface area contributed by atoms with Gasteiger partial charge in [0.25, 0.3) is 0 Å². The summed E-state index contributed by atoms with van der Waals surface area (Å²) in [4.78, 5) is 11.0. The van der Waals surface area contributed by atoms with Gasteiger partial charge >= 0.3 is 5.97 Å². The van der Waals surface area contributed by atoms with Crippen LogP contribution in [0.2, 0.25) is 0 Å². The molecule has 0 saturated carbocycles. The smallest absolute Gasteiger partial charge is 0.305 e. The minimum absolute atomic E-state index is 0.177. The Balaban J connectivity index is 3.14. The molecule has 1 atom stereocenters. The fraction of sp³-hybridized carbons (Fsp3) is 0.955. The fourth-order valence-corrected chi connectivity index (χ4v) is 3.30. The lowest BCUT2D eigenvalue weighted by atomic mass is 10.0. The van der Waals surface area contributed by atoms with Crippen LogP contribution in [0.5, 0.6) is 0 Å². The Morgan fingerprint density at radius 1 is 0.720 bits per heavy atom. The molecule has 0 spiro atoms. The van der Waals surface area contributed by atoms with Gasteiger partial charge in [-0.15, -0.1) is 0 Å². The lowest BCUT2D eigenvalue weighted by Crippen LogP contribution is -2.08. The van der Waals surface area contributed by atoms with E-state index in [-0.39, 0.29) is 12.1 Å². The summed E-state index contributed by atoms with van der Waals surface area (Å²) in [7, 11) is 1.41. The monoisotopic (exact) mass is 356 g/mol. The summed E-state index contributed by atoms with van der Waals surface area (Å²) in [6.07, 6.45) is 21.5. The molecule has 0 saturated heterocycles. The van der Waals surface area contributed by atoms with Gasteiger partial charge in [-0.2, -0.15) is 0 Å². The Hall–Kier alpha value is -0.570. The van der Waals surface area contributed by atoms with E-state index in [1.807, 2.05) is 0 Å². The lowest BCUT2D eigenvalue weighted by Gasteiger charge is -2.09. The van der Waals surface area contributed by atoms with Crippen molar-refractivity contribution in [1.82, 2.24) is 0 Å². The highest BCUT2D eigenvalue weighted by atomic mass is 16.5. The number of methoxy groups -OCH3 is 1. The van der Waals surface area contributed by atoms with Crippen molar-refractivity contribution >= 4 is 5.97 Å². The SMILES string of the molecule is CCCCCCCCCCCCCCCCC(O)CCCC(=O)OC. The van der Waals surface area contributed by atoms with E-state index in [1.54, 1.807) is 0 Å². The van der Waals surface area contributed by atoms with Crippen LogP contribution in [0.1, 0.15) is 122 Å². The molecule has 0 aromatic rings. The standard InChI is InChI=1S/C22H44O3/c1-3-4-5-6-7-8-9-10-11-12-13-14-15-16-18-21(23)19-17-20-22(24)25-2/h21,23H,3-20H2,1-2H3. The van der Waals surface area contributed by atoms with Gasteiger partial charge in [-0.3, -0.25) is 4.79 Å². The average molecular weight is 357 g/mol.